The Morgan fingerprint density at radius 1 is 0.949 bits per heavy atom. The van der Waals surface area contributed by atoms with E-state index in [0.29, 0.717) is 31.2 Å². The van der Waals surface area contributed by atoms with Crippen LogP contribution < -0.4 is 4.90 Å². The summed E-state index contributed by atoms with van der Waals surface area (Å²) >= 11 is 0. The van der Waals surface area contributed by atoms with Crippen molar-refractivity contribution in [2.24, 2.45) is 4.99 Å². The van der Waals surface area contributed by atoms with Crippen molar-refractivity contribution in [2.75, 3.05) is 44.3 Å². The van der Waals surface area contributed by atoms with E-state index in [-0.39, 0.29) is 0 Å². The highest BCUT2D eigenvalue weighted by atomic mass is 32.2. The summed E-state index contributed by atoms with van der Waals surface area (Å²) in [5.74, 6) is 0. The number of hydrogen-bond acceptors (Lipinski definition) is 6. The zero-order chi connectivity index (χ0) is 27.0. The molecule has 2 aromatic carbocycles. The Bertz CT molecular complexity index is 1640. The van der Waals surface area contributed by atoms with E-state index in [1.165, 1.54) is 4.31 Å². The summed E-state index contributed by atoms with van der Waals surface area (Å²) in [6.45, 7) is 7.64. The largest absolute Gasteiger partial charge is 0.379 e. The van der Waals surface area contributed by atoms with Gasteiger partial charge in [-0.2, -0.15) is 4.31 Å². The molecule has 4 aromatic rings. The highest BCUT2D eigenvalue weighted by molar-refractivity contribution is 7.89. The van der Waals surface area contributed by atoms with Crippen molar-refractivity contribution in [1.29, 1.82) is 0 Å². The van der Waals surface area contributed by atoms with Crippen LogP contribution in [0, 0.1) is 13.8 Å². The van der Waals surface area contributed by atoms with E-state index in [1.807, 2.05) is 48.8 Å². The van der Waals surface area contributed by atoms with Crippen LogP contribution in [0.15, 0.2) is 70.8 Å². The molecule has 0 aliphatic carbocycles. The minimum absolute atomic E-state index is 0.314. The third kappa shape index (κ3) is 4.86. The number of pyridine rings is 1. The number of ether oxygens (including phenoxy) is 1. The molecular weight excluding hydrogens is 510 g/mol. The molecule has 4 heterocycles. The molecule has 0 amide bonds. The maximum atomic E-state index is 13.6. The Hall–Kier alpha value is -3.53. The average Bonchev–Trinajstić information content (AvgIpc) is 3.60. The van der Waals surface area contributed by atoms with Gasteiger partial charge in [-0.1, -0.05) is 12.1 Å². The zero-order valence-electron chi connectivity index (χ0n) is 22.4. The van der Waals surface area contributed by atoms with Gasteiger partial charge in [0.25, 0.3) is 0 Å². The molecule has 2 aliphatic rings. The molecule has 0 N–H and O–H groups in total. The van der Waals surface area contributed by atoms with Crippen LogP contribution in [0.5, 0.6) is 0 Å². The minimum atomic E-state index is -3.63. The highest BCUT2D eigenvalue weighted by Gasteiger charge is 2.28. The first-order valence-electron chi connectivity index (χ1n) is 13.5. The van der Waals surface area contributed by atoms with Gasteiger partial charge < -0.3 is 14.2 Å². The molecule has 0 saturated carbocycles. The molecule has 202 valence electrons. The predicted octanol–water partition coefficient (Wildman–Crippen LogP) is 5.01. The number of fused-ring (bicyclic) bond motifs is 1. The van der Waals surface area contributed by atoms with E-state index in [0.717, 1.165) is 70.7 Å². The molecule has 0 spiro atoms. The van der Waals surface area contributed by atoms with E-state index in [2.05, 4.69) is 34.4 Å². The number of aliphatic imine (C=N–C) groups is 1. The molecule has 2 aliphatic heterocycles. The van der Waals surface area contributed by atoms with E-state index in [9.17, 15) is 8.42 Å². The first-order chi connectivity index (χ1) is 18.9. The normalized spacial score (nSPS) is 17.0. The standard InChI is InChI=1S/C30H33N5O3S/c1-22-18-25(21-32-28-7-5-6-24-20-31-11-10-27(24)28)23(2)35(22)30-19-26(8-9-29(30)33-12-3-4-13-33)39(36,37)34-14-16-38-17-15-34/h5-11,18-21H,3-4,12-17H2,1-2H3. The second-order valence-corrected chi connectivity index (χ2v) is 12.1. The van der Waals surface area contributed by atoms with Crippen LogP contribution in [0.1, 0.15) is 29.8 Å². The second-order valence-electron chi connectivity index (χ2n) is 10.2. The second kappa shape index (κ2) is 10.6. The molecule has 6 rings (SSSR count). The molecule has 0 radical (unpaired) electrons. The Morgan fingerprint density at radius 2 is 1.74 bits per heavy atom. The summed E-state index contributed by atoms with van der Waals surface area (Å²) in [6.07, 6.45) is 7.80. The molecule has 0 atom stereocenters. The van der Waals surface area contributed by atoms with Crippen LogP contribution >= 0.6 is 0 Å². The molecule has 2 fully saturated rings. The Kier molecular flexibility index (Phi) is 6.97. The number of sulfonamides is 1. The monoisotopic (exact) mass is 543 g/mol. The summed E-state index contributed by atoms with van der Waals surface area (Å²) < 4.78 is 36.2. The maximum absolute atomic E-state index is 13.6. The summed E-state index contributed by atoms with van der Waals surface area (Å²) in [4.78, 5) is 11.7. The van der Waals surface area contributed by atoms with Crippen molar-refractivity contribution < 1.29 is 13.2 Å². The first-order valence-corrected chi connectivity index (χ1v) is 14.9. The van der Waals surface area contributed by atoms with E-state index >= 15 is 0 Å². The lowest BCUT2D eigenvalue weighted by molar-refractivity contribution is 0.0730. The number of aryl methyl sites for hydroxylation is 1. The van der Waals surface area contributed by atoms with Crippen LogP contribution in [-0.2, 0) is 14.8 Å². The van der Waals surface area contributed by atoms with Crippen molar-refractivity contribution in [1.82, 2.24) is 13.9 Å². The summed E-state index contributed by atoms with van der Waals surface area (Å²) in [5, 5.41) is 2.10. The fourth-order valence-electron chi connectivity index (χ4n) is 5.65. The number of benzene rings is 2. The molecule has 39 heavy (non-hydrogen) atoms. The van der Waals surface area contributed by atoms with E-state index in [1.54, 1.807) is 12.3 Å². The van der Waals surface area contributed by atoms with Gasteiger partial charge in [0.15, 0.2) is 0 Å². The topological polar surface area (TPSA) is 80.0 Å². The number of morpholine rings is 1. The number of rotatable bonds is 6. The SMILES string of the molecule is Cc1cc(C=Nc2cccc3cnccc23)c(C)n1-c1cc(S(=O)(=O)N2CCOCC2)ccc1N1CCCC1. The third-order valence-electron chi connectivity index (χ3n) is 7.71. The predicted molar refractivity (Wildman–Crippen MR) is 155 cm³/mol. The molecule has 2 saturated heterocycles. The van der Waals surface area contributed by atoms with Crippen molar-refractivity contribution in [2.45, 2.75) is 31.6 Å². The number of hydrogen-bond donors (Lipinski definition) is 0. The van der Waals surface area contributed by atoms with Crippen LogP contribution in [0.25, 0.3) is 16.5 Å². The van der Waals surface area contributed by atoms with Crippen molar-refractivity contribution >= 4 is 38.4 Å². The number of nitrogens with zero attached hydrogens (tertiary/aromatic N) is 5. The Morgan fingerprint density at radius 3 is 2.54 bits per heavy atom. The minimum Gasteiger partial charge on any atom is -0.379 e. The number of anilines is 1. The van der Waals surface area contributed by atoms with Crippen LogP contribution in [0.4, 0.5) is 11.4 Å². The van der Waals surface area contributed by atoms with Crippen molar-refractivity contribution in [3.05, 3.63) is 77.9 Å². The fourth-order valence-corrected chi connectivity index (χ4v) is 7.08. The summed E-state index contributed by atoms with van der Waals surface area (Å²) in [7, 11) is -3.63. The highest BCUT2D eigenvalue weighted by Crippen LogP contribution is 2.34. The van der Waals surface area contributed by atoms with Crippen LogP contribution in [-0.4, -0.2) is 67.9 Å². The molecule has 0 unspecified atom stereocenters. The van der Waals surface area contributed by atoms with E-state index < -0.39 is 10.0 Å². The first kappa shape index (κ1) is 25.7. The van der Waals surface area contributed by atoms with Gasteiger partial charge in [-0.15, -0.1) is 0 Å². The van der Waals surface area contributed by atoms with Crippen LogP contribution in [0.3, 0.4) is 0 Å². The lowest BCUT2D eigenvalue weighted by Gasteiger charge is -2.28. The van der Waals surface area contributed by atoms with E-state index in [4.69, 9.17) is 9.73 Å². The van der Waals surface area contributed by atoms with Gasteiger partial charge in [0.2, 0.25) is 10.0 Å². The maximum Gasteiger partial charge on any atom is 0.243 e. The Balaban J connectivity index is 1.43. The summed E-state index contributed by atoms with van der Waals surface area (Å²) in [5.41, 5.74) is 5.86. The third-order valence-corrected chi connectivity index (χ3v) is 9.61. The smallest absolute Gasteiger partial charge is 0.243 e. The quantitative estimate of drug-likeness (QED) is 0.319. The summed E-state index contributed by atoms with van der Waals surface area (Å²) in [6, 6.07) is 15.7. The zero-order valence-corrected chi connectivity index (χ0v) is 23.2. The molecule has 9 heteroatoms. The molecule has 8 nitrogen and oxygen atoms in total. The molecule has 0 bridgehead atoms. The molecular formula is C30H33N5O3S. The average molecular weight is 544 g/mol. The Labute approximate surface area is 229 Å². The van der Waals surface area contributed by atoms with Gasteiger partial charge >= 0.3 is 0 Å². The van der Waals surface area contributed by atoms with Gasteiger partial charge in [-0.05, 0) is 63.1 Å². The van der Waals surface area contributed by atoms with Gasteiger partial charge in [0, 0.05) is 72.5 Å². The molecule has 2 aromatic heterocycles. The number of aromatic nitrogens is 2. The van der Waals surface area contributed by atoms with Gasteiger partial charge in [-0.3, -0.25) is 9.98 Å². The lowest BCUT2D eigenvalue weighted by Crippen LogP contribution is -2.40. The van der Waals surface area contributed by atoms with Crippen LogP contribution in [0.2, 0.25) is 0 Å². The van der Waals surface area contributed by atoms with Gasteiger partial charge in [-0.25, -0.2) is 8.42 Å². The fraction of sp³-hybridized carbons (Fsp3) is 0.333. The van der Waals surface area contributed by atoms with Gasteiger partial charge in [0.05, 0.1) is 35.2 Å². The van der Waals surface area contributed by atoms with Crippen molar-refractivity contribution in [3.8, 4) is 5.69 Å². The van der Waals surface area contributed by atoms with Gasteiger partial charge in [0.1, 0.15) is 0 Å². The lowest BCUT2D eigenvalue weighted by atomic mass is 10.1. The van der Waals surface area contributed by atoms with Crippen molar-refractivity contribution in [3.63, 3.8) is 0 Å².